The summed E-state index contributed by atoms with van der Waals surface area (Å²) in [6.07, 6.45) is 3.69. The van der Waals surface area contributed by atoms with Crippen molar-refractivity contribution in [2.45, 2.75) is 26.2 Å². The monoisotopic (exact) mass is 733 g/mol. The fourth-order valence-corrected chi connectivity index (χ4v) is 5.16. The van der Waals surface area contributed by atoms with Gasteiger partial charge in [-0.25, -0.2) is 0 Å². The number of hydrogen-bond donors (Lipinski definition) is 0. The molecule has 7 rings (SSSR count). The summed E-state index contributed by atoms with van der Waals surface area (Å²) in [7, 11) is 0. The Labute approximate surface area is 267 Å². The van der Waals surface area contributed by atoms with Gasteiger partial charge in [-0.15, -0.1) is 65.7 Å². The summed E-state index contributed by atoms with van der Waals surface area (Å²) in [5.74, 6) is 0. The molecular formula is C40H32IrN2-2. The van der Waals surface area contributed by atoms with Crippen molar-refractivity contribution in [3.05, 3.63) is 157 Å². The van der Waals surface area contributed by atoms with Gasteiger partial charge in [0.15, 0.2) is 0 Å². The number of pyridine rings is 2. The summed E-state index contributed by atoms with van der Waals surface area (Å²) < 4.78 is 0. The number of rotatable bonds is 3. The summed E-state index contributed by atoms with van der Waals surface area (Å²) >= 11 is 0. The topological polar surface area (TPSA) is 25.8 Å². The van der Waals surface area contributed by atoms with E-state index in [0.717, 1.165) is 22.5 Å². The van der Waals surface area contributed by atoms with Crippen LogP contribution >= 0.6 is 0 Å². The van der Waals surface area contributed by atoms with Gasteiger partial charge in [0.1, 0.15) is 0 Å². The van der Waals surface area contributed by atoms with E-state index in [-0.39, 0.29) is 25.5 Å². The molecule has 0 spiro atoms. The first-order valence-corrected chi connectivity index (χ1v) is 14.2. The molecule has 0 saturated carbocycles. The molecule has 0 N–H and O–H groups in total. The fourth-order valence-electron chi connectivity index (χ4n) is 5.16. The Bertz CT molecular complexity index is 1900. The van der Waals surface area contributed by atoms with Gasteiger partial charge in [-0.05, 0) is 56.0 Å². The van der Waals surface area contributed by atoms with Crippen LogP contribution in [-0.2, 0) is 25.5 Å². The zero-order valence-electron chi connectivity index (χ0n) is 24.5. The molecule has 3 heteroatoms. The van der Waals surface area contributed by atoms with Crippen molar-refractivity contribution >= 4 is 21.5 Å². The zero-order valence-corrected chi connectivity index (χ0v) is 26.9. The molecule has 2 heterocycles. The Balaban J connectivity index is 0.000000238. The van der Waals surface area contributed by atoms with Crippen LogP contribution in [0.4, 0.5) is 0 Å². The van der Waals surface area contributed by atoms with Crippen LogP contribution in [0.2, 0.25) is 0 Å². The maximum atomic E-state index is 4.59. The third kappa shape index (κ3) is 6.81. The third-order valence-electron chi connectivity index (χ3n) is 7.44. The van der Waals surface area contributed by atoms with Gasteiger partial charge in [-0.1, -0.05) is 105 Å². The van der Waals surface area contributed by atoms with Crippen LogP contribution in [0.3, 0.4) is 0 Å². The molecule has 0 aliphatic rings. The van der Waals surface area contributed by atoms with Gasteiger partial charge in [0.05, 0.1) is 0 Å². The largest absolute Gasteiger partial charge is 0.305 e. The van der Waals surface area contributed by atoms with Crippen molar-refractivity contribution in [1.82, 2.24) is 9.97 Å². The van der Waals surface area contributed by atoms with Gasteiger partial charge >= 0.3 is 0 Å². The van der Waals surface area contributed by atoms with E-state index in [4.69, 9.17) is 0 Å². The van der Waals surface area contributed by atoms with Gasteiger partial charge < -0.3 is 9.97 Å². The SMILES string of the molecule is CC(C)(C)c1ccnc(-c2[c-]cc(-c3cc4ccccc4c4ccccc34)cc2)c1.[Ir].[c-]1ccccc1-c1ccccn1. The summed E-state index contributed by atoms with van der Waals surface area (Å²) in [4.78, 5) is 8.80. The second-order valence-corrected chi connectivity index (χ2v) is 11.4. The molecule has 7 aromatic rings. The Morgan fingerprint density at radius 1 is 0.558 bits per heavy atom. The maximum Gasteiger partial charge on any atom is 0.0163 e. The number of nitrogens with zero attached hydrogens (tertiary/aromatic N) is 2. The number of aromatic nitrogens is 2. The predicted octanol–water partition coefficient (Wildman–Crippen LogP) is 10.4. The Morgan fingerprint density at radius 3 is 1.95 bits per heavy atom. The van der Waals surface area contributed by atoms with E-state index in [0.29, 0.717) is 0 Å². The van der Waals surface area contributed by atoms with Crippen LogP contribution in [0.5, 0.6) is 0 Å². The molecule has 5 aromatic carbocycles. The molecule has 0 amide bonds. The van der Waals surface area contributed by atoms with Crippen LogP contribution in [0.1, 0.15) is 26.3 Å². The summed E-state index contributed by atoms with van der Waals surface area (Å²) in [5.41, 5.74) is 7.80. The molecule has 0 bridgehead atoms. The van der Waals surface area contributed by atoms with Crippen molar-refractivity contribution in [3.63, 3.8) is 0 Å². The van der Waals surface area contributed by atoms with E-state index < -0.39 is 0 Å². The average Bonchev–Trinajstić information content (AvgIpc) is 3.05. The standard InChI is InChI=1S/C29H24N.C11H8N.Ir/c1-29(2,3)23-16-17-30-28(19-23)21-14-12-20(13-15-21)27-18-22-8-4-5-9-24(22)25-10-6-7-11-26(25)27;1-2-6-10(7-3-1)11-8-4-5-9-12-11;/h4-14,16-19H,1-3H3;1-6,8-9H;/q2*-1;. The summed E-state index contributed by atoms with van der Waals surface area (Å²) in [6.45, 7) is 6.68. The molecule has 0 aliphatic heterocycles. The molecule has 43 heavy (non-hydrogen) atoms. The molecule has 213 valence electrons. The molecule has 2 nitrogen and oxygen atoms in total. The summed E-state index contributed by atoms with van der Waals surface area (Å²) in [5, 5.41) is 5.11. The van der Waals surface area contributed by atoms with E-state index in [1.165, 1.54) is 38.2 Å². The predicted molar refractivity (Wildman–Crippen MR) is 176 cm³/mol. The molecular weight excluding hydrogens is 701 g/mol. The average molecular weight is 733 g/mol. The maximum absolute atomic E-state index is 4.59. The van der Waals surface area contributed by atoms with Crippen LogP contribution in [-0.4, -0.2) is 9.97 Å². The van der Waals surface area contributed by atoms with Gasteiger partial charge in [0.2, 0.25) is 0 Å². The summed E-state index contributed by atoms with van der Waals surface area (Å²) in [6, 6.07) is 50.5. The van der Waals surface area contributed by atoms with Crippen LogP contribution in [0.25, 0.3) is 55.2 Å². The third-order valence-corrected chi connectivity index (χ3v) is 7.44. The molecule has 0 aliphatic carbocycles. The molecule has 0 fully saturated rings. The van der Waals surface area contributed by atoms with Gasteiger partial charge in [-0.2, -0.15) is 0 Å². The Hall–Kier alpha value is -4.43. The van der Waals surface area contributed by atoms with Crippen LogP contribution < -0.4 is 0 Å². The van der Waals surface area contributed by atoms with Gasteiger partial charge in [0.25, 0.3) is 0 Å². The van der Waals surface area contributed by atoms with E-state index in [1.54, 1.807) is 6.20 Å². The molecule has 0 atom stereocenters. The first-order valence-electron chi connectivity index (χ1n) is 14.2. The fraction of sp³-hybridized carbons (Fsp3) is 0.100. The Morgan fingerprint density at radius 2 is 1.26 bits per heavy atom. The Kier molecular flexibility index (Phi) is 9.26. The van der Waals surface area contributed by atoms with Gasteiger partial charge in [-0.3, -0.25) is 0 Å². The minimum Gasteiger partial charge on any atom is -0.305 e. The minimum absolute atomic E-state index is 0. The van der Waals surface area contributed by atoms with Crippen molar-refractivity contribution in [2.75, 3.05) is 0 Å². The minimum atomic E-state index is 0. The quantitative estimate of drug-likeness (QED) is 0.134. The number of benzene rings is 5. The van der Waals surface area contributed by atoms with Crippen LogP contribution in [0, 0.1) is 12.1 Å². The number of fused-ring (bicyclic) bond motifs is 3. The van der Waals surface area contributed by atoms with Crippen molar-refractivity contribution < 1.29 is 20.1 Å². The zero-order chi connectivity index (χ0) is 28.9. The molecule has 1 radical (unpaired) electrons. The second-order valence-electron chi connectivity index (χ2n) is 11.4. The van der Waals surface area contributed by atoms with Crippen molar-refractivity contribution in [3.8, 4) is 33.6 Å². The van der Waals surface area contributed by atoms with E-state index >= 15 is 0 Å². The van der Waals surface area contributed by atoms with Crippen LogP contribution in [0.15, 0.2) is 140 Å². The smallest absolute Gasteiger partial charge is 0.0163 e. The van der Waals surface area contributed by atoms with Crippen molar-refractivity contribution in [2.24, 2.45) is 0 Å². The molecule has 2 aromatic heterocycles. The first kappa shape index (κ1) is 30.0. The second kappa shape index (κ2) is 13.3. The van der Waals surface area contributed by atoms with E-state index in [9.17, 15) is 0 Å². The van der Waals surface area contributed by atoms with E-state index in [1.807, 2.05) is 48.7 Å². The van der Waals surface area contributed by atoms with Crippen molar-refractivity contribution in [1.29, 1.82) is 0 Å². The normalized spacial score (nSPS) is 11.0. The van der Waals surface area contributed by atoms with E-state index in [2.05, 4.69) is 128 Å². The molecule has 0 unspecified atom stereocenters. The van der Waals surface area contributed by atoms with Gasteiger partial charge in [0, 0.05) is 32.5 Å². The molecule has 0 saturated heterocycles. The number of hydrogen-bond acceptors (Lipinski definition) is 2. The first-order chi connectivity index (χ1) is 20.5.